The molecule has 5 heteroatoms. The van der Waals surface area contributed by atoms with Crippen LogP contribution in [0.5, 0.6) is 5.88 Å². The Morgan fingerprint density at radius 2 is 2.22 bits per heavy atom. The van der Waals surface area contributed by atoms with Gasteiger partial charge in [-0.15, -0.1) is 0 Å². The number of hydrogen-bond acceptors (Lipinski definition) is 5. The first-order chi connectivity index (χ1) is 10.9. The van der Waals surface area contributed by atoms with Crippen molar-refractivity contribution in [2.75, 3.05) is 6.61 Å². The summed E-state index contributed by atoms with van der Waals surface area (Å²) in [7, 11) is 0. The normalized spacial score (nSPS) is 29.2. The van der Waals surface area contributed by atoms with Gasteiger partial charge in [-0.3, -0.25) is 4.79 Å². The Morgan fingerprint density at radius 3 is 2.87 bits per heavy atom. The van der Waals surface area contributed by atoms with Crippen LogP contribution >= 0.6 is 0 Å². The minimum atomic E-state index is -0.425. The number of ketones is 1. The van der Waals surface area contributed by atoms with E-state index in [9.17, 15) is 10.1 Å². The van der Waals surface area contributed by atoms with Crippen LogP contribution in [0.25, 0.3) is 0 Å². The fourth-order valence-electron chi connectivity index (χ4n) is 4.10. The summed E-state index contributed by atoms with van der Waals surface area (Å²) in [6.07, 6.45) is 3.50. The molecule has 1 unspecified atom stereocenters. The molecule has 0 N–H and O–H groups in total. The lowest BCUT2D eigenvalue weighted by Crippen LogP contribution is -2.46. The van der Waals surface area contributed by atoms with Gasteiger partial charge in [-0.05, 0) is 32.6 Å². The van der Waals surface area contributed by atoms with Crippen LogP contribution in [0.4, 0.5) is 0 Å². The first kappa shape index (κ1) is 15.7. The highest BCUT2D eigenvalue weighted by Gasteiger charge is 2.49. The summed E-state index contributed by atoms with van der Waals surface area (Å²) in [4.78, 5) is 21.5. The van der Waals surface area contributed by atoms with Gasteiger partial charge < -0.3 is 4.74 Å². The van der Waals surface area contributed by atoms with Crippen LogP contribution in [0, 0.1) is 30.1 Å². The largest absolute Gasteiger partial charge is 0.478 e. The van der Waals surface area contributed by atoms with E-state index in [1.54, 1.807) is 0 Å². The molecule has 3 atom stereocenters. The maximum Gasteiger partial charge on any atom is 0.220 e. The highest BCUT2D eigenvalue weighted by atomic mass is 16.5. The third kappa shape index (κ3) is 2.24. The van der Waals surface area contributed by atoms with Crippen molar-refractivity contribution in [3.8, 4) is 11.9 Å². The molecule has 0 aliphatic heterocycles. The van der Waals surface area contributed by atoms with E-state index in [0.717, 1.165) is 24.1 Å². The molecular weight excluding hydrogens is 290 g/mol. The zero-order chi connectivity index (χ0) is 16.8. The van der Waals surface area contributed by atoms with Gasteiger partial charge in [0.2, 0.25) is 5.88 Å². The van der Waals surface area contributed by atoms with E-state index in [1.165, 1.54) is 0 Å². The highest BCUT2D eigenvalue weighted by molar-refractivity contribution is 6.02. The van der Waals surface area contributed by atoms with E-state index >= 15 is 0 Å². The molecule has 3 rings (SSSR count). The van der Waals surface area contributed by atoms with E-state index in [-0.39, 0.29) is 23.2 Å². The van der Waals surface area contributed by atoms with Gasteiger partial charge in [0.25, 0.3) is 0 Å². The molecular formula is C18H21N3O2. The quantitative estimate of drug-likeness (QED) is 0.839. The fraction of sp³-hybridized carbons (Fsp3) is 0.556. The van der Waals surface area contributed by atoms with Crippen molar-refractivity contribution in [2.24, 2.45) is 11.8 Å². The van der Waals surface area contributed by atoms with E-state index in [0.29, 0.717) is 18.3 Å². The first-order valence-corrected chi connectivity index (χ1v) is 8.10. The Morgan fingerprint density at radius 1 is 1.48 bits per heavy atom. The van der Waals surface area contributed by atoms with Gasteiger partial charge in [-0.25, -0.2) is 4.98 Å². The molecule has 1 heterocycles. The molecule has 0 spiro atoms. The smallest absolute Gasteiger partial charge is 0.220 e. The van der Waals surface area contributed by atoms with Crippen molar-refractivity contribution >= 4 is 5.78 Å². The number of allylic oxidation sites excluding steroid dienone is 2. The van der Waals surface area contributed by atoms with Crippen molar-refractivity contribution in [3.05, 3.63) is 28.7 Å². The van der Waals surface area contributed by atoms with Gasteiger partial charge in [-0.1, -0.05) is 19.9 Å². The molecule has 120 valence electrons. The second kappa shape index (κ2) is 5.45. The molecule has 0 saturated heterocycles. The average Bonchev–Trinajstić information content (AvgIpc) is 2.52. The molecule has 0 amide bonds. The minimum Gasteiger partial charge on any atom is -0.478 e. The zero-order valence-corrected chi connectivity index (χ0v) is 14.0. The maximum atomic E-state index is 12.4. The number of rotatable bonds is 2. The average molecular weight is 311 g/mol. The number of fused-ring (bicyclic) bond motifs is 3. The number of aromatic nitrogens is 2. The number of nitrogens with zero attached hydrogens (tertiary/aromatic N) is 3. The van der Waals surface area contributed by atoms with Crippen LogP contribution in [0.15, 0.2) is 11.6 Å². The third-order valence-electron chi connectivity index (χ3n) is 5.20. The van der Waals surface area contributed by atoms with Gasteiger partial charge in [0.1, 0.15) is 11.9 Å². The molecule has 5 nitrogen and oxygen atoms in total. The van der Waals surface area contributed by atoms with Gasteiger partial charge in [0, 0.05) is 16.9 Å². The van der Waals surface area contributed by atoms with Gasteiger partial charge >= 0.3 is 0 Å². The van der Waals surface area contributed by atoms with Crippen molar-refractivity contribution < 1.29 is 9.53 Å². The lowest BCUT2D eigenvalue weighted by atomic mass is 9.58. The monoisotopic (exact) mass is 311 g/mol. The van der Waals surface area contributed by atoms with Crippen LogP contribution in [0.3, 0.4) is 0 Å². The number of hydrogen-bond donors (Lipinski definition) is 0. The molecule has 1 aromatic heterocycles. The van der Waals surface area contributed by atoms with Crippen LogP contribution in [-0.2, 0) is 16.6 Å². The van der Waals surface area contributed by atoms with E-state index in [1.807, 2.05) is 26.8 Å². The Bertz CT molecular complexity index is 747. The standard InChI is InChI=1S/C18H21N3O2/c1-5-23-17-13-6-7-14-10(2)15(22)12(9-19)8-18(14,4)16(13)20-11(3)21-17/h8,10,14H,5-7H2,1-4H3/t10?,14-,18-/m0/s1. The topological polar surface area (TPSA) is 75.9 Å². The second-order valence-electron chi connectivity index (χ2n) is 6.59. The molecule has 0 aromatic carbocycles. The molecule has 0 radical (unpaired) electrons. The van der Waals surface area contributed by atoms with E-state index < -0.39 is 5.41 Å². The van der Waals surface area contributed by atoms with Gasteiger partial charge in [0.05, 0.1) is 17.9 Å². The number of Topliss-reactive ketones (excluding diaryl/α,β-unsaturated/α-hetero) is 1. The van der Waals surface area contributed by atoms with Crippen LogP contribution in [0.2, 0.25) is 0 Å². The predicted molar refractivity (Wildman–Crippen MR) is 85.0 cm³/mol. The molecule has 0 saturated carbocycles. The Kier molecular flexibility index (Phi) is 3.71. The molecule has 2 aliphatic carbocycles. The summed E-state index contributed by atoms with van der Waals surface area (Å²) in [5.74, 6) is 1.24. The third-order valence-corrected chi connectivity index (χ3v) is 5.20. The first-order valence-electron chi connectivity index (χ1n) is 8.10. The number of carbonyl (C=O) groups excluding carboxylic acids is 1. The lowest BCUT2D eigenvalue weighted by molar-refractivity contribution is -0.121. The van der Waals surface area contributed by atoms with Crippen molar-refractivity contribution in [3.63, 3.8) is 0 Å². The summed E-state index contributed by atoms with van der Waals surface area (Å²) >= 11 is 0. The zero-order valence-electron chi connectivity index (χ0n) is 14.0. The van der Waals surface area contributed by atoms with Crippen LogP contribution in [-0.4, -0.2) is 22.4 Å². The number of nitriles is 1. The van der Waals surface area contributed by atoms with E-state index in [4.69, 9.17) is 4.74 Å². The Balaban J connectivity index is 2.24. The molecule has 1 aromatic rings. The predicted octanol–water partition coefficient (Wildman–Crippen LogP) is 2.67. The highest BCUT2D eigenvalue weighted by Crippen LogP contribution is 2.50. The lowest BCUT2D eigenvalue weighted by Gasteiger charge is -2.45. The van der Waals surface area contributed by atoms with Gasteiger partial charge in [0.15, 0.2) is 5.78 Å². The summed E-state index contributed by atoms with van der Waals surface area (Å²) < 4.78 is 5.71. The Labute approximate surface area is 136 Å². The molecule has 0 bridgehead atoms. The van der Waals surface area contributed by atoms with Gasteiger partial charge in [-0.2, -0.15) is 10.2 Å². The molecule has 0 fully saturated rings. The van der Waals surface area contributed by atoms with Crippen molar-refractivity contribution in [1.29, 1.82) is 5.26 Å². The molecule has 2 aliphatic rings. The SMILES string of the molecule is CCOc1nc(C)nc2c1CC[C@H]1C(C)C(=O)C(C#N)=C[C@]21C. The summed E-state index contributed by atoms with van der Waals surface area (Å²) in [5.41, 5.74) is 1.76. The summed E-state index contributed by atoms with van der Waals surface area (Å²) in [6, 6.07) is 2.06. The Hall–Kier alpha value is -2.22. The molecule has 23 heavy (non-hydrogen) atoms. The number of carbonyl (C=O) groups is 1. The van der Waals surface area contributed by atoms with Crippen molar-refractivity contribution in [2.45, 2.75) is 46.0 Å². The van der Waals surface area contributed by atoms with Crippen LogP contribution < -0.4 is 4.74 Å². The van der Waals surface area contributed by atoms with E-state index in [2.05, 4.69) is 23.0 Å². The minimum absolute atomic E-state index is 0.0470. The number of aryl methyl sites for hydroxylation is 1. The van der Waals surface area contributed by atoms with Crippen LogP contribution in [0.1, 0.15) is 44.3 Å². The fourth-order valence-corrected chi connectivity index (χ4v) is 4.10. The van der Waals surface area contributed by atoms with Crippen molar-refractivity contribution in [1.82, 2.24) is 9.97 Å². The maximum absolute atomic E-state index is 12.4. The summed E-state index contributed by atoms with van der Waals surface area (Å²) in [5, 5.41) is 9.33. The summed E-state index contributed by atoms with van der Waals surface area (Å²) in [6.45, 7) is 8.35. The second-order valence-corrected chi connectivity index (χ2v) is 6.59. The number of ether oxygens (including phenoxy) is 1.